The molecule has 23 heavy (non-hydrogen) atoms. The van der Waals surface area contributed by atoms with Crippen molar-refractivity contribution in [3.63, 3.8) is 0 Å². The molecule has 0 aliphatic carbocycles. The molecule has 0 aromatic heterocycles. The molecule has 2 aromatic rings. The predicted molar refractivity (Wildman–Crippen MR) is 88.5 cm³/mol. The van der Waals surface area contributed by atoms with E-state index >= 15 is 0 Å². The number of hydrogen-bond acceptors (Lipinski definition) is 2. The van der Waals surface area contributed by atoms with E-state index in [-0.39, 0.29) is 18.1 Å². The molecule has 3 rings (SSSR count). The largest absolute Gasteiger partial charge is 0.495 e. The fourth-order valence-electron chi connectivity index (χ4n) is 3.14. The number of carbonyl (C=O) groups is 1. The van der Waals surface area contributed by atoms with E-state index in [0.717, 1.165) is 29.8 Å². The number of aryl methyl sites for hydroxylation is 1. The summed E-state index contributed by atoms with van der Waals surface area (Å²) < 4.78 is 18.5. The van der Waals surface area contributed by atoms with Crippen molar-refractivity contribution in [2.75, 3.05) is 18.6 Å². The maximum Gasteiger partial charge on any atom is 0.231 e. The Hall–Kier alpha value is -2.36. The van der Waals surface area contributed by atoms with E-state index in [1.807, 2.05) is 17.0 Å². The fraction of sp³-hybridized carbons (Fsp3) is 0.316. The molecule has 3 nitrogen and oxygen atoms in total. The molecule has 1 aliphatic rings. The molecule has 0 saturated heterocycles. The van der Waals surface area contributed by atoms with E-state index in [1.165, 1.54) is 23.3 Å². The lowest BCUT2D eigenvalue weighted by molar-refractivity contribution is -0.118. The molecular formula is C19H20FNO2. The van der Waals surface area contributed by atoms with Crippen LogP contribution in [0.2, 0.25) is 0 Å². The van der Waals surface area contributed by atoms with Gasteiger partial charge in [-0.2, -0.15) is 0 Å². The van der Waals surface area contributed by atoms with Crippen LogP contribution >= 0.6 is 0 Å². The van der Waals surface area contributed by atoms with Crippen LogP contribution in [0.5, 0.6) is 5.75 Å². The Morgan fingerprint density at radius 2 is 1.96 bits per heavy atom. The molecular weight excluding hydrogens is 293 g/mol. The molecule has 0 spiro atoms. The van der Waals surface area contributed by atoms with E-state index in [0.29, 0.717) is 6.54 Å². The van der Waals surface area contributed by atoms with Gasteiger partial charge in [0.1, 0.15) is 11.6 Å². The van der Waals surface area contributed by atoms with E-state index in [2.05, 4.69) is 6.92 Å². The fourth-order valence-corrected chi connectivity index (χ4v) is 3.14. The number of nitrogens with zero attached hydrogens (tertiary/aromatic N) is 1. The minimum Gasteiger partial charge on any atom is -0.495 e. The van der Waals surface area contributed by atoms with Crippen molar-refractivity contribution in [2.24, 2.45) is 0 Å². The Morgan fingerprint density at radius 1 is 1.22 bits per heavy atom. The van der Waals surface area contributed by atoms with Crippen LogP contribution in [0.4, 0.5) is 10.1 Å². The van der Waals surface area contributed by atoms with Gasteiger partial charge in [0.15, 0.2) is 0 Å². The number of methoxy groups -OCH3 is 1. The highest BCUT2D eigenvalue weighted by molar-refractivity contribution is 5.97. The first-order valence-corrected chi connectivity index (χ1v) is 7.81. The molecule has 120 valence electrons. The highest BCUT2D eigenvalue weighted by Crippen LogP contribution is 2.38. The Bertz CT molecular complexity index is 725. The van der Waals surface area contributed by atoms with Crippen LogP contribution in [-0.4, -0.2) is 19.6 Å². The molecule has 0 fully saturated rings. The van der Waals surface area contributed by atoms with Gasteiger partial charge in [0.05, 0.1) is 19.2 Å². The van der Waals surface area contributed by atoms with Crippen LogP contribution in [0.1, 0.15) is 23.1 Å². The lowest BCUT2D eigenvalue weighted by Gasteiger charge is -2.32. The molecule has 4 heteroatoms. The molecule has 2 aromatic carbocycles. The van der Waals surface area contributed by atoms with Crippen molar-refractivity contribution in [2.45, 2.75) is 26.2 Å². The van der Waals surface area contributed by atoms with Crippen LogP contribution in [0.25, 0.3) is 0 Å². The zero-order valence-corrected chi connectivity index (χ0v) is 13.4. The smallest absolute Gasteiger partial charge is 0.231 e. The molecule has 0 N–H and O–H groups in total. The standard InChI is InChI=1S/C19H20FNO2/c1-13-5-10-17(23-2)19-16(13)4-3-11-21(19)18(22)12-14-6-8-15(20)9-7-14/h5-10H,3-4,11-12H2,1-2H3. The summed E-state index contributed by atoms with van der Waals surface area (Å²) in [5.41, 5.74) is 4.07. The minimum absolute atomic E-state index is 0.0152. The van der Waals surface area contributed by atoms with Gasteiger partial charge in [0.25, 0.3) is 0 Å². The van der Waals surface area contributed by atoms with E-state index in [4.69, 9.17) is 4.74 Å². The number of fused-ring (bicyclic) bond motifs is 1. The number of ether oxygens (including phenoxy) is 1. The number of hydrogen-bond donors (Lipinski definition) is 0. The van der Waals surface area contributed by atoms with Crippen molar-refractivity contribution in [3.05, 3.63) is 58.9 Å². The third-order valence-electron chi connectivity index (χ3n) is 4.35. The lowest BCUT2D eigenvalue weighted by Crippen LogP contribution is -2.37. The van der Waals surface area contributed by atoms with Gasteiger partial charge >= 0.3 is 0 Å². The minimum atomic E-state index is -0.290. The number of halogens is 1. The molecule has 0 radical (unpaired) electrons. The van der Waals surface area contributed by atoms with E-state index in [9.17, 15) is 9.18 Å². The topological polar surface area (TPSA) is 29.5 Å². The Labute approximate surface area is 135 Å². The summed E-state index contributed by atoms with van der Waals surface area (Å²) in [5, 5.41) is 0. The first-order chi connectivity index (χ1) is 11.1. The van der Waals surface area contributed by atoms with Crippen molar-refractivity contribution in [3.8, 4) is 5.75 Å². The third kappa shape index (κ3) is 3.07. The average Bonchev–Trinajstić information content (AvgIpc) is 2.57. The Balaban J connectivity index is 1.91. The van der Waals surface area contributed by atoms with Gasteiger partial charge in [0, 0.05) is 6.54 Å². The second kappa shape index (κ2) is 6.41. The summed E-state index contributed by atoms with van der Waals surface area (Å²) in [7, 11) is 1.63. The van der Waals surface area contributed by atoms with Crippen LogP contribution < -0.4 is 9.64 Å². The normalized spacial score (nSPS) is 13.6. The molecule has 0 atom stereocenters. The lowest BCUT2D eigenvalue weighted by atomic mass is 9.95. The second-order valence-corrected chi connectivity index (χ2v) is 5.86. The number of anilines is 1. The summed E-state index contributed by atoms with van der Waals surface area (Å²) in [5.74, 6) is 0.459. The van der Waals surface area contributed by atoms with Gasteiger partial charge in [0.2, 0.25) is 5.91 Å². The number of rotatable bonds is 3. The zero-order valence-electron chi connectivity index (χ0n) is 13.4. The number of benzene rings is 2. The van der Waals surface area contributed by atoms with Crippen LogP contribution in [0, 0.1) is 12.7 Å². The van der Waals surface area contributed by atoms with Crippen molar-refractivity contribution in [1.29, 1.82) is 0 Å². The van der Waals surface area contributed by atoms with E-state index < -0.39 is 0 Å². The van der Waals surface area contributed by atoms with Crippen molar-refractivity contribution in [1.82, 2.24) is 0 Å². The zero-order chi connectivity index (χ0) is 16.4. The van der Waals surface area contributed by atoms with Gasteiger partial charge in [-0.15, -0.1) is 0 Å². The van der Waals surface area contributed by atoms with E-state index in [1.54, 1.807) is 19.2 Å². The number of carbonyl (C=O) groups excluding carboxylic acids is 1. The van der Waals surface area contributed by atoms with Gasteiger partial charge in [-0.25, -0.2) is 4.39 Å². The van der Waals surface area contributed by atoms with Crippen molar-refractivity contribution >= 4 is 11.6 Å². The molecule has 1 heterocycles. The molecule has 0 saturated carbocycles. The first kappa shape index (κ1) is 15.5. The quantitative estimate of drug-likeness (QED) is 0.865. The monoisotopic (exact) mass is 313 g/mol. The van der Waals surface area contributed by atoms with Crippen LogP contribution in [-0.2, 0) is 17.6 Å². The third-order valence-corrected chi connectivity index (χ3v) is 4.35. The van der Waals surface area contributed by atoms with Gasteiger partial charge in [-0.05, 0) is 54.7 Å². The van der Waals surface area contributed by atoms with Gasteiger partial charge < -0.3 is 9.64 Å². The average molecular weight is 313 g/mol. The summed E-state index contributed by atoms with van der Waals surface area (Å²) in [6.07, 6.45) is 2.16. The molecule has 1 aliphatic heterocycles. The Morgan fingerprint density at radius 3 is 2.65 bits per heavy atom. The summed E-state index contributed by atoms with van der Waals surface area (Å²) in [4.78, 5) is 14.6. The van der Waals surface area contributed by atoms with Gasteiger partial charge in [-0.3, -0.25) is 4.79 Å². The van der Waals surface area contributed by atoms with Crippen LogP contribution in [0.3, 0.4) is 0 Å². The predicted octanol–water partition coefficient (Wildman–Crippen LogP) is 3.66. The maximum absolute atomic E-state index is 13.0. The molecule has 0 bridgehead atoms. The second-order valence-electron chi connectivity index (χ2n) is 5.86. The summed E-state index contributed by atoms with van der Waals surface area (Å²) in [6.45, 7) is 2.75. The highest BCUT2D eigenvalue weighted by atomic mass is 19.1. The number of amides is 1. The van der Waals surface area contributed by atoms with Crippen molar-refractivity contribution < 1.29 is 13.9 Å². The Kier molecular flexibility index (Phi) is 4.33. The maximum atomic E-state index is 13.0. The van der Waals surface area contributed by atoms with Gasteiger partial charge in [-0.1, -0.05) is 18.2 Å². The SMILES string of the molecule is COc1ccc(C)c2c1N(C(=O)Cc1ccc(F)cc1)CCC2. The summed E-state index contributed by atoms with van der Waals surface area (Å²) in [6, 6.07) is 10.0. The molecule has 1 amide bonds. The highest BCUT2D eigenvalue weighted by Gasteiger charge is 2.27. The summed E-state index contributed by atoms with van der Waals surface area (Å²) >= 11 is 0. The first-order valence-electron chi connectivity index (χ1n) is 7.81. The van der Waals surface area contributed by atoms with Crippen LogP contribution in [0.15, 0.2) is 36.4 Å². The molecule has 0 unspecified atom stereocenters.